The summed E-state index contributed by atoms with van der Waals surface area (Å²) in [5, 5.41) is 12.9. The monoisotopic (exact) mass is 433 g/mol. The molecule has 2 rings (SSSR count). The van der Waals surface area contributed by atoms with Crippen LogP contribution in [0.25, 0.3) is 0 Å². The number of thioether (sulfide) groups is 1. The van der Waals surface area contributed by atoms with E-state index in [4.69, 9.17) is 21.1 Å². The van der Waals surface area contributed by atoms with E-state index in [-0.39, 0.29) is 35.5 Å². The Bertz CT molecular complexity index is 959. The number of hydrogen-bond donors (Lipinski definition) is 1. The predicted octanol–water partition coefficient (Wildman–Crippen LogP) is 3.97. The molecule has 0 spiro atoms. The summed E-state index contributed by atoms with van der Waals surface area (Å²) < 4.78 is 10.1. The van der Waals surface area contributed by atoms with Gasteiger partial charge in [0.15, 0.2) is 0 Å². The summed E-state index contributed by atoms with van der Waals surface area (Å²) in [6.45, 7) is 4.02. The predicted molar refractivity (Wildman–Crippen MR) is 111 cm³/mol. The number of methoxy groups -OCH3 is 1. The topological polar surface area (TPSA) is 101 Å². The first-order chi connectivity index (χ1) is 13.9. The Labute approximate surface area is 178 Å². The fraction of sp³-hybridized carbons (Fsp3) is 0.300. The van der Waals surface area contributed by atoms with E-state index < -0.39 is 5.97 Å². The third-order valence-corrected chi connectivity index (χ3v) is 5.00. The van der Waals surface area contributed by atoms with Crippen molar-refractivity contribution in [2.75, 3.05) is 24.8 Å². The summed E-state index contributed by atoms with van der Waals surface area (Å²) in [5.41, 5.74) is 2.44. The maximum atomic E-state index is 12.4. The average Bonchev–Trinajstić information content (AvgIpc) is 2.68. The molecule has 0 aliphatic heterocycles. The van der Waals surface area contributed by atoms with Gasteiger partial charge >= 0.3 is 5.97 Å². The van der Waals surface area contributed by atoms with E-state index in [2.05, 4.69) is 16.4 Å². The van der Waals surface area contributed by atoms with Crippen LogP contribution in [0.5, 0.6) is 0 Å². The van der Waals surface area contributed by atoms with Crippen LogP contribution in [0.15, 0.2) is 29.3 Å². The van der Waals surface area contributed by atoms with Crippen LogP contribution < -0.4 is 5.32 Å². The number of aromatic nitrogens is 1. The number of carbonyl (C=O) groups excluding carboxylic acids is 2. The molecule has 0 saturated carbocycles. The second kappa shape index (κ2) is 10.8. The largest absolute Gasteiger partial charge is 0.462 e. The van der Waals surface area contributed by atoms with E-state index >= 15 is 0 Å². The van der Waals surface area contributed by atoms with E-state index in [0.29, 0.717) is 16.3 Å². The lowest BCUT2D eigenvalue weighted by molar-refractivity contribution is -0.113. The number of nitrogens with one attached hydrogen (secondary N) is 1. The number of esters is 1. The summed E-state index contributed by atoms with van der Waals surface area (Å²) >= 11 is 7.18. The third-order valence-electron chi connectivity index (χ3n) is 3.69. The molecule has 0 saturated heterocycles. The number of halogens is 1. The highest BCUT2D eigenvalue weighted by Gasteiger charge is 2.16. The van der Waals surface area contributed by atoms with E-state index in [1.807, 2.05) is 6.92 Å². The Morgan fingerprint density at radius 1 is 1.34 bits per heavy atom. The number of carbonyl (C=O) groups is 2. The molecule has 0 aliphatic carbocycles. The Morgan fingerprint density at radius 3 is 2.76 bits per heavy atom. The minimum Gasteiger partial charge on any atom is -0.462 e. The zero-order valence-corrected chi connectivity index (χ0v) is 17.8. The van der Waals surface area contributed by atoms with Crippen molar-refractivity contribution in [1.82, 2.24) is 4.98 Å². The number of ether oxygens (including phenoxy) is 2. The molecule has 29 heavy (non-hydrogen) atoms. The maximum absolute atomic E-state index is 12.4. The van der Waals surface area contributed by atoms with Crippen molar-refractivity contribution in [2.45, 2.75) is 25.5 Å². The van der Waals surface area contributed by atoms with Crippen molar-refractivity contribution in [3.8, 4) is 6.07 Å². The first-order valence-electron chi connectivity index (χ1n) is 8.68. The quantitative estimate of drug-likeness (QED) is 0.496. The molecule has 7 nitrogen and oxygen atoms in total. The number of nitriles is 1. The summed E-state index contributed by atoms with van der Waals surface area (Å²) in [6, 6.07) is 8.49. The van der Waals surface area contributed by atoms with Crippen molar-refractivity contribution in [3.05, 3.63) is 51.7 Å². The van der Waals surface area contributed by atoms with Gasteiger partial charge < -0.3 is 14.8 Å². The molecule has 0 atom stereocenters. The van der Waals surface area contributed by atoms with Crippen molar-refractivity contribution in [3.63, 3.8) is 0 Å². The SMILES string of the molecule is CCOC(=O)c1cc(NC(=O)CSc2nc(C)cc(COC)c2C#N)ccc1Cl. The molecular weight excluding hydrogens is 414 g/mol. The molecule has 1 aromatic carbocycles. The van der Waals surface area contributed by atoms with Crippen LogP contribution in [0, 0.1) is 18.3 Å². The zero-order valence-electron chi connectivity index (χ0n) is 16.2. The Hall–Kier alpha value is -2.60. The lowest BCUT2D eigenvalue weighted by Crippen LogP contribution is -2.15. The van der Waals surface area contributed by atoms with Gasteiger partial charge in [0, 0.05) is 18.5 Å². The number of rotatable bonds is 8. The molecule has 0 unspecified atom stereocenters. The molecule has 1 heterocycles. The molecular formula is C20H20ClN3O4S. The third kappa shape index (κ3) is 6.19. The van der Waals surface area contributed by atoms with Gasteiger partial charge in [-0.3, -0.25) is 4.79 Å². The van der Waals surface area contributed by atoms with Crippen LogP contribution >= 0.6 is 23.4 Å². The van der Waals surface area contributed by atoms with Gasteiger partial charge in [-0.2, -0.15) is 5.26 Å². The van der Waals surface area contributed by atoms with Crippen LogP contribution in [0.2, 0.25) is 5.02 Å². The first-order valence-corrected chi connectivity index (χ1v) is 10.0. The molecule has 0 bridgehead atoms. The molecule has 9 heteroatoms. The van der Waals surface area contributed by atoms with Crippen molar-refractivity contribution < 1.29 is 19.1 Å². The van der Waals surface area contributed by atoms with Gasteiger partial charge in [0.25, 0.3) is 0 Å². The maximum Gasteiger partial charge on any atom is 0.339 e. The number of benzene rings is 1. The van der Waals surface area contributed by atoms with Gasteiger partial charge in [0.05, 0.1) is 35.1 Å². The molecule has 1 aromatic heterocycles. The second-order valence-electron chi connectivity index (χ2n) is 5.90. The number of hydrogen-bond acceptors (Lipinski definition) is 7. The Kier molecular flexibility index (Phi) is 8.46. The molecule has 0 radical (unpaired) electrons. The molecule has 2 aromatic rings. The highest BCUT2D eigenvalue weighted by Crippen LogP contribution is 2.25. The summed E-state index contributed by atoms with van der Waals surface area (Å²) in [6.07, 6.45) is 0. The van der Waals surface area contributed by atoms with Gasteiger partial charge in [-0.1, -0.05) is 23.4 Å². The summed E-state index contributed by atoms with van der Waals surface area (Å²) in [7, 11) is 1.55. The molecule has 152 valence electrons. The number of amides is 1. The Morgan fingerprint density at radius 2 is 2.10 bits per heavy atom. The molecule has 0 aliphatic rings. The number of pyridine rings is 1. The van der Waals surface area contributed by atoms with E-state index in [1.165, 1.54) is 12.1 Å². The van der Waals surface area contributed by atoms with Gasteiger partial charge in [-0.05, 0) is 43.7 Å². The highest BCUT2D eigenvalue weighted by atomic mass is 35.5. The average molecular weight is 434 g/mol. The van der Waals surface area contributed by atoms with Crippen molar-refractivity contribution >= 4 is 40.9 Å². The molecule has 1 amide bonds. The van der Waals surface area contributed by atoms with Crippen LogP contribution in [0.1, 0.15) is 34.1 Å². The standard InChI is InChI=1S/C20H20ClN3O4S/c1-4-28-20(26)15-8-14(5-6-17(15)21)24-18(25)11-29-19-16(9-22)13(10-27-3)7-12(2)23-19/h5-8H,4,10-11H2,1-3H3,(H,24,25). The van der Waals surface area contributed by atoms with E-state index in [1.54, 1.807) is 26.2 Å². The molecule has 1 N–H and O–H groups in total. The van der Waals surface area contributed by atoms with E-state index in [0.717, 1.165) is 23.0 Å². The summed E-state index contributed by atoms with van der Waals surface area (Å²) in [5.74, 6) is -0.835. The fourth-order valence-electron chi connectivity index (χ4n) is 2.50. The fourth-order valence-corrected chi connectivity index (χ4v) is 3.57. The van der Waals surface area contributed by atoms with Gasteiger partial charge in [-0.25, -0.2) is 9.78 Å². The molecule has 0 fully saturated rings. The number of anilines is 1. The zero-order chi connectivity index (χ0) is 21.4. The minimum atomic E-state index is -0.559. The normalized spacial score (nSPS) is 10.3. The summed E-state index contributed by atoms with van der Waals surface area (Å²) in [4.78, 5) is 28.6. The van der Waals surface area contributed by atoms with Gasteiger partial charge in [-0.15, -0.1) is 0 Å². The lowest BCUT2D eigenvalue weighted by Gasteiger charge is -2.11. The van der Waals surface area contributed by atoms with Gasteiger partial charge in [0.1, 0.15) is 11.1 Å². The van der Waals surface area contributed by atoms with Gasteiger partial charge in [0.2, 0.25) is 5.91 Å². The van der Waals surface area contributed by atoms with Crippen molar-refractivity contribution in [2.24, 2.45) is 0 Å². The van der Waals surface area contributed by atoms with Crippen LogP contribution in [-0.2, 0) is 20.9 Å². The lowest BCUT2D eigenvalue weighted by atomic mass is 10.1. The Balaban J connectivity index is 2.10. The van der Waals surface area contributed by atoms with Crippen molar-refractivity contribution in [1.29, 1.82) is 5.26 Å². The smallest absolute Gasteiger partial charge is 0.339 e. The first kappa shape index (κ1) is 22.7. The second-order valence-corrected chi connectivity index (χ2v) is 7.27. The highest BCUT2D eigenvalue weighted by molar-refractivity contribution is 8.00. The number of aryl methyl sites for hydroxylation is 1. The number of nitrogens with zero attached hydrogens (tertiary/aromatic N) is 2. The van der Waals surface area contributed by atoms with Crippen LogP contribution in [0.3, 0.4) is 0 Å². The van der Waals surface area contributed by atoms with Crippen LogP contribution in [0.4, 0.5) is 5.69 Å². The van der Waals surface area contributed by atoms with E-state index in [9.17, 15) is 14.9 Å². The van der Waals surface area contributed by atoms with Crippen LogP contribution in [-0.4, -0.2) is 36.3 Å². The minimum absolute atomic E-state index is 0.0366.